The van der Waals surface area contributed by atoms with E-state index in [1.54, 1.807) is 0 Å². The van der Waals surface area contributed by atoms with Gasteiger partial charge in [-0.05, 0) is 51.4 Å². The minimum atomic E-state index is -4.28. The number of hydrogen-bond donors (Lipinski definition) is 1. The van der Waals surface area contributed by atoms with E-state index >= 15 is 0 Å². The lowest BCUT2D eigenvalue weighted by Crippen LogP contribution is -2.29. The number of rotatable bonds is 41. The Bertz CT molecular complexity index is 1100. The average molecular weight is 807 g/mol. The summed E-state index contributed by atoms with van der Waals surface area (Å²) in [6.07, 6.45) is 52.9. The molecule has 2 atom stereocenters. The van der Waals surface area contributed by atoms with E-state index in [0.29, 0.717) is 12.8 Å². The van der Waals surface area contributed by atoms with Gasteiger partial charge < -0.3 is 14.4 Å². The number of phosphoric acid groups is 1. The van der Waals surface area contributed by atoms with Crippen LogP contribution in [0.2, 0.25) is 0 Å². The highest BCUT2D eigenvalue weighted by Gasteiger charge is 2.24. The summed E-state index contributed by atoms with van der Waals surface area (Å²) in [7, 11) is -3.23. The third-order valence-corrected chi connectivity index (χ3v) is 10.5. The van der Waals surface area contributed by atoms with Gasteiger partial charge in [0.2, 0.25) is 0 Å². The Kier molecular flexibility index (Phi) is 40.7. The van der Waals surface area contributed by atoms with Gasteiger partial charge in [0.25, 0.3) is 0 Å². The molecule has 0 spiro atoms. The molecule has 0 fully saturated rings. The van der Waals surface area contributed by atoms with Crippen molar-refractivity contribution >= 4 is 19.8 Å². The van der Waals surface area contributed by atoms with Crippen LogP contribution in [0.1, 0.15) is 200 Å². The van der Waals surface area contributed by atoms with Crippen molar-refractivity contribution in [3.05, 3.63) is 60.8 Å². The van der Waals surface area contributed by atoms with Crippen LogP contribution in [0.4, 0.5) is 0 Å². The van der Waals surface area contributed by atoms with Crippen LogP contribution >= 0.6 is 7.82 Å². The smallest absolute Gasteiger partial charge is 0.462 e. The third-order valence-electron chi connectivity index (χ3n) is 9.53. The van der Waals surface area contributed by atoms with Gasteiger partial charge in [-0.2, -0.15) is 0 Å². The van der Waals surface area contributed by atoms with Crippen molar-refractivity contribution in [3.8, 4) is 0 Å². The number of carbonyl (C=O) groups excluding carboxylic acids is 2. The van der Waals surface area contributed by atoms with E-state index < -0.39 is 26.5 Å². The molecule has 0 aliphatic carbocycles. The number of ether oxygens (including phenoxy) is 2. The van der Waals surface area contributed by atoms with Crippen molar-refractivity contribution in [3.63, 3.8) is 0 Å². The number of allylic oxidation sites excluding steroid dienone is 10. The second-order valence-electron chi connectivity index (χ2n) is 14.8. The number of hydrogen-bond acceptors (Lipinski definition) is 7. The topological polar surface area (TPSA) is 108 Å². The molecule has 0 aliphatic rings. The van der Waals surface area contributed by atoms with E-state index in [2.05, 4.69) is 73.1 Å². The molecule has 0 radical (unpaired) electrons. The van der Waals surface area contributed by atoms with Crippen LogP contribution in [0.25, 0.3) is 0 Å². The van der Waals surface area contributed by atoms with Gasteiger partial charge in [0.15, 0.2) is 6.10 Å². The normalized spacial score (nSPS) is 13.9. The zero-order chi connectivity index (χ0) is 41.1. The minimum absolute atomic E-state index is 0.166. The number of esters is 2. The molecule has 0 saturated carbocycles. The Hall–Kier alpha value is -2.25. The predicted octanol–water partition coefficient (Wildman–Crippen LogP) is 14.3. The molecule has 0 aromatic carbocycles. The number of unbranched alkanes of at least 4 members (excludes halogenated alkanes) is 20. The molecule has 0 aliphatic heterocycles. The first-order valence-electron chi connectivity index (χ1n) is 22.5. The zero-order valence-electron chi connectivity index (χ0n) is 36.0. The largest absolute Gasteiger partial charge is 0.472 e. The highest BCUT2D eigenvalue weighted by atomic mass is 31.2. The molecule has 8 nitrogen and oxygen atoms in total. The van der Waals surface area contributed by atoms with Gasteiger partial charge in [-0.3, -0.25) is 18.6 Å². The predicted molar refractivity (Wildman–Crippen MR) is 235 cm³/mol. The molecule has 0 heterocycles. The summed E-state index contributed by atoms with van der Waals surface area (Å²) in [6, 6.07) is 0. The van der Waals surface area contributed by atoms with Crippen LogP contribution < -0.4 is 0 Å². The second-order valence-corrected chi connectivity index (χ2v) is 16.4. The summed E-state index contributed by atoms with van der Waals surface area (Å²) in [4.78, 5) is 34.5. The second kappa shape index (κ2) is 42.4. The van der Waals surface area contributed by atoms with Crippen molar-refractivity contribution in [2.45, 2.75) is 206 Å². The first-order chi connectivity index (χ1) is 27.3. The Morgan fingerprint density at radius 2 is 0.911 bits per heavy atom. The third kappa shape index (κ3) is 41.4. The van der Waals surface area contributed by atoms with E-state index in [0.717, 1.165) is 58.5 Å². The van der Waals surface area contributed by atoms with Crippen molar-refractivity contribution < 1.29 is 37.6 Å². The van der Waals surface area contributed by atoms with Crippen molar-refractivity contribution in [1.29, 1.82) is 0 Å². The van der Waals surface area contributed by atoms with Crippen LogP contribution in [0.15, 0.2) is 60.8 Å². The van der Waals surface area contributed by atoms with Gasteiger partial charge in [-0.1, -0.05) is 197 Å². The molecule has 2 unspecified atom stereocenters. The molecule has 324 valence electrons. The Morgan fingerprint density at radius 1 is 0.518 bits per heavy atom. The summed E-state index contributed by atoms with van der Waals surface area (Å²) >= 11 is 0. The summed E-state index contributed by atoms with van der Waals surface area (Å²) < 4.78 is 32.0. The molecule has 56 heavy (non-hydrogen) atoms. The van der Waals surface area contributed by atoms with Crippen LogP contribution in [0.5, 0.6) is 0 Å². The fourth-order valence-corrected chi connectivity index (χ4v) is 6.57. The highest BCUT2D eigenvalue weighted by molar-refractivity contribution is 7.47. The molecule has 0 bridgehead atoms. The van der Waals surface area contributed by atoms with Crippen LogP contribution in [-0.2, 0) is 32.7 Å². The van der Waals surface area contributed by atoms with Gasteiger partial charge in [0, 0.05) is 20.0 Å². The lowest BCUT2D eigenvalue weighted by Gasteiger charge is -2.19. The molecular weight excluding hydrogens is 723 g/mol. The lowest BCUT2D eigenvalue weighted by atomic mass is 10.0. The van der Waals surface area contributed by atoms with Crippen molar-refractivity contribution in [1.82, 2.24) is 0 Å². The van der Waals surface area contributed by atoms with E-state index in [9.17, 15) is 19.0 Å². The van der Waals surface area contributed by atoms with E-state index in [-0.39, 0.29) is 25.4 Å². The monoisotopic (exact) mass is 807 g/mol. The van der Waals surface area contributed by atoms with Gasteiger partial charge in [0.1, 0.15) is 6.61 Å². The van der Waals surface area contributed by atoms with Gasteiger partial charge in [-0.15, -0.1) is 0 Å². The molecule has 1 N–H and O–H groups in total. The maximum absolute atomic E-state index is 12.5. The van der Waals surface area contributed by atoms with E-state index in [1.807, 2.05) is 6.08 Å². The van der Waals surface area contributed by atoms with Gasteiger partial charge in [-0.25, -0.2) is 4.57 Å². The Balaban J connectivity index is 4.03. The van der Waals surface area contributed by atoms with Crippen molar-refractivity contribution in [2.75, 3.05) is 20.3 Å². The molecule has 0 rings (SSSR count). The van der Waals surface area contributed by atoms with Crippen LogP contribution in [0, 0.1) is 0 Å². The standard InChI is InChI=1S/C47H83O8P/c1-4-6-8-10-12-14-16-18-20-22-23-24-26-27-29-31-33-35-37-39-41-46(48)53-43-45(44-54-56(50,51)52-3)55-47(49)42-40-38-36-34-32-30-28-25-21-19-17-15-13-11-9-7-5-2/h7,9,13,15,19,21,28,30,34,36,45H,4-6,8,10-12,14,16-18,20,22-27,29,31-33,35,37-44H2,1-3H3,(H,50,51)/b9-7-,15-13-,21-19-,30-28-,36-34-. The number of carbonyl (C=O) groups is 2. The molecule has 9 heteroatoms. The van der Waals surface area contributed by atoms with E-state index in [1.165, 1.54) is 109 Å². The first-order valence-corrected chi connectivity index (χ1v) is 24.0. The minimum Gasteiger partial charge on any atom is -0.462 e. The quantitative estimate of drug-likeness (QED) is 0.0282. The highest BCUT2D eigenvalue weighted by Crippen LogP contribution is 2.42. The lowest BCUT2D eigenvalue weighted by molar-refractivity contribution is -0.161. The zero-order valence-corrected chi connectivity index (χ0v) is 36.9. The van der Waals surface area contributed by atoms with Gasteiger partial charge >= 0.3 is 19.8 Å². The van der Waals surface area contributed by atoms with Gasteiger partial charge in [0.05, 0.1) is 6.61 Å². The maximum atomic E-state index is 12.5. The van der Waals surface area contributed by atoms with Crippen molar-refractivity contribution in [2.24, 2.45) is 0 Å². The fourth-order valence-electron chi connectivity index (χ4n) is 6.11. The molecular formula is C47H83O8P. The van der Waals surface area contributed by atoms with E-state index in [4.69, 9.17) is 14.0 Å². The summed E-state index contributed by atoms with van der Waals surface area (Å²) in [5.74, 6) is -0.868. The molecule has 0 aromatic rings. The summed E-state index contributed by atoms with van der Waals surface area (Å²) in [5.41, 5.74) is 0. The Labute approximate surface area is 343 Å². The molecule has 0 saturated heterocycles. The maximum Gasteiger partial charge on any atom is 0.472 e. The van der Waals surface area contributed by atoms with Crippen LogP contribution in [-0.4, -0.2) is 43.3 Å². The first kappa shape index (κ1) is 53.8. The average Bonchev–Trinajstić information content (AvgIpc) is 3.19. The SMILES string of the molecule is CC/C=C\C/C=C\C/C=C\C/C=C\C/C=C\CCCC(=O)OC(COC(=O)CCCCCCCCCCCCCCCCCCCCCC)COP(=O)(O)OC. The summed E-state index contributed by atoms with van der Waals surface area (Å²) in [6.45, 7) is 3.74. The summed E-state index contributed by atoms with van der Waals surface area (Å²) in [5, 5.41) is 0. The fraction of sp³-hybridized carbons (Fsp3) is 0.745. The molecule has 0 amide bonds. The van der Waals surface area contributed by atoms with Crippen LogP contribution in [0.3, 0.4) is 0 Å². The Morgan fingerprint density at radius 3 is 1.34 bits per heavy atom. The number of phosphoric ester groups is 1. The molecule has 0 aromatic heterocycles.